The summed E-state index contributed by atoms with van der Waals surface area (Å²) in [5.41, 5.74) is 4.06. The topological polar surface area (TPSA) is 51.5 Å². The fourth-order valence-corrected chi connectivity index (χ4v) is 3.35. The Labute approximate surface area is 161 Å². The van der Waals surface area contributed by atoms with Crippen LogP contribution in [0.4, 0.5) is 0 Å². The number of ether oxygens (including phenoxy) is 1. The first-order valence-corrected chi connectivity index (χ1v) is 9.17. The van der Waals surface area contributed by atoms with Crippen molar-refractivity contribution in [1.29, 1.82) is 0 Å². The van der Waals surface area contributed by atoms with Gasteiger partial charge >= 0.3 is 5.97 Å². The molecule has 1 aromatic heterocycles. The Hall–Kier alpha value is -2.02. The van der Waals surface area contributed by atoms with E-state index in [1.54, 1.807) is 25.3 Å². The maximum absolute atomic E-state index is 12.6. The first-order valence-electron chi connectivity index (χ1n) is 8.10. The number of hydrogen-bond donors (Lipinski definition) is 0. The third-order valence-electron chi connectivity index (χ3n) is 4.23. The highest BCUT2D eigenvalue weighted by molar-refractivity contribution is 14.1. The van der Waals surface area contributed by atoms with E-state index in [4.69, 9.17) is 4.74 Å². The molecule has 3 rings (SSSR count). The molecule has 5 heteroatoms. The molecule has 1 aliphatic heterocycles. The van der Waals surface area contributed by atoms with Gasteiger partial charge in [-0.2, -0.15) is 0 Å². The number of carbonyl (C=O) groups is 1. The molecule has 0 spiro atoms. The first-order chi connectivity index (χ1) is 12.0. The smallest absolute Gasteiger partial charge is 0.345 e. The molecular formula is C20H19IN2O2. The second-order valence-corrected chi connectivity index (χ2v) is 7.38. The van der Waals surface area contributed by atoms with Crippen molar-refractivity contribution >= 4 is 34.3 Å². The van der Waals surface area contributed by atoms with Gasteiger partial charge in [-0.15, -0.1) is 0 Å². The van der Waals surface area contributed by atoms with Crippen LogP contribution in [-0.2, 0) is 4.74 Å². The van der Waals surface area contributed by atoms with Gasteiger partial charge in [-0.1, -0.05) is 12.1 Å². The Kier molecular flexibility index (Phi) is 5.32. The van der Waals surface area contributed by atoms with E-state index in [2.05, 4.69) is 56.8 Å². The Morgan fingerprint density at radius 1 is 1.16 bits per heavy atom. The normalized spacial score (nSPS) is 17.3. The third kappa shape index (κ3) is 3.98. The van der Waals surface area contributed by atoms with E-state index in [-0.39, 0.29) is 11.9 Å². The average Bonchev–Trinajstić information content (AvgIpc) is 2.58. The van der Waals surface area contributed by atoms with Gasteiger partial charge in [0.1, 0.15) is 5.76 Å². The minimum atomic E-state index is -0.384. The number of nitrogens with zero attached hydrogens (tertiary/aromatic N) is 2. The van der Waals surface area contributed by atoms with E-state index >= 15 is 0 Å². The Bertz CT molecular complexity index is 870. The van der Waals surface area contributed by atoms with Crippen molar-refractivity contribution in [1.82, 2.24) is 4.98 Å². The zero-order valence-electron chi connectivity index (χ0n) is 14.4. The summed E-state index contributed by atoms with van der Waals surface area (Å²) in [6, 6.07) is 11.8. The zero-order valence-corrected chi connectivity index (χ0v) is 16.6. The summed E-state index contributed by atoms with van der Waals surface area (Å²) >= 11 is 2.28. The number of carbonyl (C=O) groups excluding carboxylic acids is 1. The number of halogens is 1. The van der Waals surface area contributed by atoms with Crippen LogP contribution in [0.2, 0.25) is 0 Å². The van der Waals surface area contributed by atoms with Crippen LogP contribution in [0, 0.1) is 10.5 Å². The highest BCUT2D eigenvalue weighted by Crippen LogP contribution is 2.36. The lowest BCUT2D eigenvalue weighted by Gasteiger charge is -2.25. The molecular weight excluding hydrogens is 427 g/mol. The van der Waals surface area contributed by atoms with E-state index in [0.29, 0.717) is 17.0 Å². The predicted octanol–water partition coefficient (Wildman–Crippen LogP) is 5.03. The molecule has 0 bridgehead atoms. The second-order valence-electron chi connectivity index (χ2n) is 6.13. The largest absolute Gasteiger partial charge is 0.425 e. The fourth-order valence-electron chi connectivity index (χ4n) is 2.99. The van der Waals surface area contributed by atoms with Crippen molar-refractivity contribution in [3.63, 3.8) is 0 Å². The summed E-state index contributed by atoms with van der Waals surface area (Å²) in [5.74, 6) is 0.237. The van der Waals surface area contributed by atoms with Crippen LogP contribution in [0.5, 0.6) is 0 Å². The lowest BCUT2D eigenvalue weighted by Crippen LogP contribution is -2.19. The van der Waals surface area contributed by atoms with E-state index in [9.17, 15) is 4.79 Å². The maximum Gasteiger partial charge on any atom is 0.345 e. The lowest BCUT2D eigenvalue weighted by molar-refractivity contribution is 0.0597. The van der Waals surface area contributed by atoms with Crippen molar-refractivity contribution in [2.24, 2.45) is 4.99 Å². The van der Waals surface area contributed by atoms with Gasteiger partial charge in [0.05, 0.1) is 17.0 Å². The number of hydrogen-bond acceptors (Lipinski definition) is 4. The first kappa shape index (κ1) is 17.8. The number of benzene rings is 1. The molecule has 128 valence electrons. The zero-order chi connectivity index (χ0) is 18.0. The van der Waals surface area contributed by atoms with Gasteiger partial charge < -0.3 is 4.74 Å². The molecule has 0 amide bonds. The molecule has 1 unspecified atom stereocenters. The molecule has 0 radical (unpaired) electrons. The molecule has 4 nitrogen and oxygen atoms in total. The molecule has 2 aromatic rings. The van der Waals surface area contributed by atoms with Crippen LogP contribution >= 0.6 is 22.6 Å². The highest BCUT2D eigenvalue weighted by Gasteiger charge is 2.28. The fraction of sp³-hybridized carbons (Fsp3) is 0.250. The Balaban J connectivity index is 1.95. The molecule has 0 N–H and O–H groups in total. The van der Waals surface area contributed by atoms with Crippen molar-refractivity contribution < 1.29 is 9.53 Å². The minimum absolute atomic E-state index is 0.00423. The number of aryl methyl sites for hydroxylation is 1. The molecule has 2 heterocycles. The number of allylic oxidation sites excluding steroid dienone is 2. The van der Waals surface area contributed by atoms with E-state index in [1.165, 1.54) is 3.57 Å². The molecule has 1 aromatic carbocycles. The van der Waals surface area contributed by atoms with E-state index in [1.807, 2.05) is 13.8 Å². The van der Waals surface area contributed by atoms with Crippen LogP contribution < -0.4 is 0 Å². The van der Waals surface area contributed by atoms with Crippen molar-refractivity contribution in [3.05, 3.63) is 74.4 Å². The number of pyridine rings is 1. The van der Waals surface area contributed by atoms with Gasteiger partial charge in [0.2, 0.25) is 0 Å². The van der Waals surface area contributed by atoms with Crippen LogP contribution in [0.25, 0.3) is 0 Å². The van der Waals surface area contributed by atoms with E-state index < -0.39 is 0 Å². The quantitative estimate of drug-likeness (QED) is 0.491. The summed E-state index contributed by atoms with van der Waals surface area (Å²) in [5, 5.41) is 0. The summed E-state index contributed by atoms with van der Waals surface area (Å²) in [4.78, 5) is 21.3. The molecule has 0 saturated carbocycles. The number of rotatable bonds is 3. The van der Waals surface area contributed by atoms with Crippen molar-refractivity contribution in [3.8, 4) is 0 Å². The summed E-state index contributed by atoms with van der Waals surface area (Å²) < 4.78 is 6.98. The maximum atomic E-state index is 12.6. The molecule has 1 aliphatic rings. The third-order valence-corrected chi connectivity index (χ3v) is 4.95. The minimum Gasteiger partial charge on any atom is -0.425 e. The molecule has 0 saturated heterocycles. The Morgan fingerprint density at radius 3 is 2.56 bits per heavy atom. The summed E-state index contributed by atoms with van der Waals surface area (Å²) in [7, 11) is 0. The monoisotopic (exact) mass is 446 g/mol. The van der Waals surface area contributed by atoms with Crippen molar-refractivity contribution in [2.75, 3.05) is 0 Å². The van der Waals surface area contributed by atoms with Gasteiger partial charge in [-0.05, 0) is 79.6 Å². The van der Waals surface area contributed by atoms with Crippen LogP contribution in [0.1, 0.15) is 47.8 Å². The standard InChI is InChI=1S/C20H19IN2O2/c1-12-11-18(15-6-8-16(21)9-7-15)19(14(3)23-12)25-20(24)17-5-4-10-22-13(17)2/h4-10,18H,11H2,1-3H3. The molecule has 25 heavy (non-hydrogen) atoms. The lowest BCUT2D eigenvalue weighted by atomic mass is 9.89. The SMILES string of the molecule is CC1=NC(C)=C(OC(=O)c2cccnc2C)C(c2ccc(I)cc2)C1. The van der Waals surface area contributed by atoms with Crippen LogP contribution in [0.3, 0.4) is 0 Å². The Morgan fingerprint density at radius 2 is 1.88 bits per heavy atom. The second kappa shape index (κ2) is 7.47. The van der Waals surface area contributed by atoms with Crippen molar-refractivity contribution in [2.45, 2.75) is 33.1 Å². The molecule has 0 fully saturated rings. The number of aromatic nitrogens is 1. The summed E-state index contributed by atoms with van der Waals surface area (Å²) in [6.45, 7) is 5.70. The van der Waals surface area contributed by atoms with Crippen LogP contribution in [-0.4, -0.2) is 16.7 Å². The van der Waals surface area contributed by atoms with Gasteiger partial charge in [-0.25, -0.2) is 4.79 Å². The predicted molar refractivity (Wildman–Crippen MR) is 107 cm³/mol. The number of esters is 1. The van der Waals surface area contributed by atoms with Gasteiger partial charge in [0.15, 0.2) is 0 Å². The number of aliphatic imine (C=N–C) groups is 1. The molecule has 1 atom stereocenters. The average molecular weight is 446 g/mol. The van der Waals surface area contributed by atoms with Gasteiger partial charge in [0, 0.05) is 21.4 Å². The summed E-state index contributed by atoms with van der Waals surface area (Å²) in [6.07, 6.45) is 2.41. The van der Waals surface area contributed by atoms with Gasteiger partial charge in [-0.3, -0.25) is 9.98 Å². The van der Waals surface area contributed by atoms with Crippen LogP contribution in [0.15, 0.2) is 59.0 Å². The highest BCUT2D eigenvalue weighted by atomic mass is 127. The molecule has 0 aliphatic carbocycles. The van der Waals surface area contributed by atoms with Gasteiger partial charge in [0.25, 0.3) is 0 Å². The van der Waals surface area contributed by atoms with E-state index in [0.717, 1.165) is 23.4 Å².